The van der Waals surface area contributed by atoms with Gasteiger partial charge in [0, 0.05) is 5.56 Å². The molecule has 208 valence electrons. The summed E-state index contributed by atoms with van der Waals surface area (Å²) in [4.78, 5) is 0. The number of hydrogen-bond acceptors (Lipinski definition) is 4. The molecule has 0 saturated carbocycles. The summed E-state index contributed by atoms with van der Waals surface area (Å²) < 4.78 is 87.5. The highest BCUT2D eigenvalue weighted by Crippen LogP contribution is 2.34. The first kappa shape index (κ1) is 33.6. The highest BCUT2D eigenvalue weighted by atomic mass is 79.9. The molecular weight excluding hydrogens is 593 g/mol. The van der Waals surface area contributed by atoms with E-state index in [4.69, 9.17) is 19.5 Å². The average molecular weight is 616 g/mol. The molecule has 4 nitrogen and oxygen atoms in total. The summed E-state index contributed by atoms with van der Waals surface area (Å²) in [6.07, 6.45) is 0. The fourth-order valence-electron chi connectivity index (χ4n) is 3.06. The average Bonchev–Trinajstić information content (AvgIpc) is 2.89. The van der Waals surface area contributed by atoms with E-state index in [1.165, 1.54) is 68.8 Å². The molecule has 0 fully saturated rings. The molecule has 4 aromatic carbocycles. The Morgan fingerprint density at radius 3 is 1.56 bits per heavy atom. The van der Waals surface area contributed by atoms with Gasteiger partial charge in [0.1, 0.15) is 23.1 Å². The van der Waals surface area contributed by atoms with Gasteiger partial charge in [-0.15, -0.1) is 0 Å². The van der Waals surface area contributed by atoms with Crippen LogP contribution in [0.4, 0.5) is 26.3 Å². The van der Waals surface area contributed by atoms with Crippen LogP contribution >= 0.6 is 15.9 Å². The zero-order valence-corrected chi connectivity index (χ0v) is 22.4. The Labute approximate surface area is 230 Å². The van der Waals surface area contributed by atoms with Gasteiger partial charge in [0.25, 0.3) is 0 Å². The third-order valence-electron chi connectivity index (χ3n) is 4.81. The molecule has 0 radical (unpaired) electrons. The quantitative estimate of drug-likeness (QED) is 0.120. The molecule has 2 N–H and O–H groups in total. The normalized spacial score (nSPS) is 9.72. The first-order valence-corrected chi connectivity index (χ1v) is 11.4. The fraction of sp³-hybridized carbons (Fsp3) is 0.0741. The lowest BCUT2D eigenvalue weighted by molar-refractivity contribution is 0.399. The second kappa shape index (κ2) is 15.8. The Hall–Kier alpha value is -3.48. The smallest absolute Gasteiger partial charge is 0.495 e. The second-order valence-electron chi connectivity index (χ2n) is 7.18. The molecule has 0 aliphatic heterocycles. The predicted molar refractivity (Wildman–Crippen MR) is 142 cm³/mol. The minimum absolute atomic E-state index is 0. The lowest BCUT2D eigenvalue weighted by Crippen LogP contribution is -2.33. The van der Waals surface area contributed by atoms with Crippen LogP contribution in [-0.4, -0.2) is 31.4 Å². The molecule has 4 aromatic rings. The first-order chi connectivity index (χ1) is 18.0. The maximum atomic E-state index is 13.7. The zero-order valence-electron chi connectivity index (χ0n) is 20.9. The molecule has 0 atom stereocenters. The first-order valence-electron chi connectivity index (χ1n) is 10.6. The van der Waals surface area contributed by atoms with Crippen LogP contribution in [0.5, 0.6) is 11.5 Å². The highest BCUT2D eigenvalue weighted by Gasteiger charge is 2.21. The molecule has 39 heavy (non-hydrogen) atoms. The van der Waals surface area contributed by atoms with Crippen LogP contribution in [0.2, 0.25) is 0 Å². The maximum absolute atomic E-state index is 13.7. The van der Waals surface area contributed by atoms with E-state index in [-0.39, 0.29) is 40.0 Å². The van der Waals surface area contributed by atoms with Gasteiger partial charge in [0.2, 0.25) is 0 Å². The number of benzene rings is 4. The summed E-state index contributed by atoms with van der Waals surface area (Å²) in [5.41, 5.74) is -0.466. The summed E-state index contributed by atoms with van der Waals surface area (Å²) >= 11 is 2.83. The lowest BCUT2D eigenvalue weighted by Gasteiger charge is -2.10. The van der Waals surface area contributed by atoms with E-state index >= 15 is 0 Å². The van der Waals surface area contributed by atoms with E-state index in [0.29, 0.717) is 0 Å². The van der Waals surface area contributed by atoms with Gasteiger partial charge < -0.3 is 26.9 Å². The molecular formula is C27H23BBrF6O4-. The molecule has 0 spiro atoms. The van der Waals surface area contributed by atoms with Crippen LogP contribution in [0.3, 0.4) is 0 Å². The van der Waals surface area contributed by atoms with Crippen molar-refractivity contribution in [2.24, 2.45) is 0 Å². The lowest BCUT2D eigenvalue weighted by atomic mass is 9.79. The molecule has 0 aliphatic carbocycles. The molecule has 4 rings (SSSR count). The standard InChI is InChI=1S/C13H9F3O.C7H8BFO3.C6H3BrF2.CH3/c1-17-11-7-3-5-9(14)12(11)8-4-2-6-10(15)13(8)16;1-12-6-4-2-3-5(9)7(6)8(10)11;7-4-2-1-3-5(8)6(4)9;/h2-7H,1H3;2-4,10-11H,1H3;1-3H;1H3/q;;;-1. The van der Waals surface area contributed by atoms with Gasteiger partial charge in [-0.25, -0.2) is 26.3 Å². The van der Waals surface area contributed by atoms with Crippen LogP contribution in [0, 0.1) is 42.3 Å². The van der Waals surface area contributed by atoms with Gasteiger partial charge in [-0.2, -0.15) is 0 Å². The minimum Gasteiger partial charge on any atom is -0.497 e. The largest absolute Gasteiger partial charge is 0.497 e. The minimum atomic E-state index is -1.85. The van der Waals surface area contributed by atoms with Crippen LogP contribution in [0.1, 0.15) is 0 Å². The summed E-state index contributed by atoms with van der Waals surface area (Å²) in [5, 5.41) is 17.5. The highest BCUT2D eigenvalue weighted by molar-refractivity contribution is 9.10. The third-order valence-corrected chi connectivity index (χ3v) is 5.42. The molecule has 12 heteroatoms. The zero-order chi connectivity index (χ0) is 28.4. The Morgan fingerprint density at radius 1 is 0.615 bits per heavy atom. The maximum Gasteiger partial charge on any atom is 0.495 e. The Kier molecular flexibility index (Phi) is 13.6. The van der Waals surface area contributed by atoms with E-state index in [9.17, 15) is 26.3 Å². The fourth-order valence-corrected chi connectivity index (χ4v) is 3.40. The molecule has 0 bridgehead atoms. The van der Waals surface area contributed by atoms with Gasteiger partial charge in [0.15, 0.2) is 23.3 Å². The molecule has 0 unspecified atom stereocenters. The van der Waals surface area contributed by atoms with E-state index in [1.807, 2.05) is 0 Å². The topological polar surface area (TPSA) is 58.9 Å². The number of halogens is 7. The van der Waals surface area contributed by atoms with Crippen LogP contribution in [0.25, 0.3) is 11.1 Å². The van der Waals surface area contributed by atoms with E-state index in [1.54, 1.807) is 0 Å². The van der Waals surface area contributed by atoms with Crippen molar-refractivity contribution in [1.82, 2.24) is 0 Å². The van der Waals surface area contributed by atoms with Crippen LogP contribution in [0.15, 0.2) is 77.3 Å². The summed E-state index contributed by atoms with van der Waals surface area (Å²) in [7, 11) is 0.831. The van der Waals surface area contributed by atoms with Crippen molar-refractivity contribution in [3.05, 3.63) is 120 Å². The molecule has 0 aromatic heterocycles. The molecule has 0 aliphatic rings. The number of methoxy groups -OCH3 is 2. The van der Waals surface area contributed by atoms with Crippen molar-refractivity contribution >= 4 is 28.5 Å². The SMILES string of the molecule is COc1cccc(F)c1-c1cccc(F)c1F.COc1cccc(F)c1B(O)O.Fc1cccc(Br)c1F.[CH3-]. The van der Waals surface area contributed by atoms with Crippen LogP contribution in [-0.2, 0) is 0 Å². The predicted octanol–water partition coefficient (Wildman–Crippen LogP) is 6.47. The Morgan fingerprint density at radius 2 is 1.08 bits per heavy atom. The summed E-state index contributed by atoms with van der Waals surface area (Å²) in [6.45, 7) is 0. The monoisotopic (exact) mass is 615 g/mol. The number of rotatable bonds is 4. The van der Waals surface area contributed by atoms with E-state index in [0.717, 1.165) is 18.2 Å². The molecule has 0 amide bonds. The van der Waals surface area contributed by atoms with Crippen molar-refractivity contribution in [2.75, 3.05) is 14.2 Å². The van der Waals surface area contributed by atoms with Crippen LogP contribution < -0.4 is 14.9 Å². The number of hydrogen-bond donors (Lipinski definition) is 2. The van der Waals surface area contributed by atoms with Crippen molar-refractivity contribution in [1.29, 1.82) is 0 Å². The number of ether oxygens (including phenoxy) is 2. The Balaban J connectivity index is 0.000000305. The van der Waals surface area contributed by atoms with E-state index in [2.05, 4.69) is 15.9 Å². The van der Waals surface area contributed by atoms with E-state index < -0.39 is 42.0 Å². The van der Waals surface area contributed by atoms with Gasteiger partial charge in [-0.05, 0) is 58.4 Å². The van der Waals surface area contributed by atoms with Crippen molar-refractivity contribution in [3.63, 3.8) is 0 Å². The molecule has 0 heterocycles. The Bertz CT molecular complexity index is 1350. The summed E-state index contributed by atoms with van der Waals surface area (Å²) in [6, 6.07) is 15.7. The summed E-state index contributed by atoms with van der Waals surface area (Å²) in [5.74, 6) is -4.83. The van der Waals surface area contributed by atoms with Crippen molar-refractivity contribution in [2.45, 2.75) is 0 Å². The van der Waals surface area contributed by atoms with Crippen molar-refractivity contribution in [3.8, 4) is 22.6 Å². The second-order valence-corrected chi connectivity index (χ2v) is 8.04. The van der Waals surface area contributed by atoms with Gasteiger partial charge in [-0.3, -0.25) is 0 Å². The van der Waals surface area contributed by atoms with Gasteiger partial charge in [0.05, 0.1) is 29.7 Å². The van der Waals surface area contributed by atoms with Gasteiger partial charge in [-0.1, -0.05) is 30.3 Å². The third kappa shape index (κ3) is 8.77. The van der Waals surface area contributed by atoms with Gasteiger partial charge >= 0.3 is 7.12 Å². The van der Waals surface area contributed by atoms with Crippen molar-refractivity contribution < 1.29 is 45.9 Å². The molecule has 0 saturated heterocycles.